The van der Waals surface area contributed by atoms with E-state index in [1.165, 1.54) is 29.0 Å². The Labute approximate surface area is 192 Å². The molecule has 0 atom stereocenters. The number of hydrogen-bond acceptors (Lipinski definition) is 5. The summed E-state index contributed by atoms with van der Waals surface area (Å²) in [7, 11) is 0. The van der Waals surface area contributed by atoms with E-state index in [4.69, 9.17) is 0 Å². The molecular formula is C27H23N2O2S-. The molecule has 0 unspecified atom stereocenters. The molecular weight excluding hydrogens is 416 g/mol. The Morgan fingerprint density at radius 3 is 1.69 bits per heavy atom. The van der Waals surface area contributed by atoms with Gasteiger partial charge < -0.3 is 15.2 Å². The number of thioether (sulfide) groups is 1. The van der Waals surface area contributed by atoms with E-state index in [9.17, 15) is 9.90 Å². The molecule has 0 aliphatic heterocycles. The van der Waals surface area contributed by atoms with Crippen molar-refractivity contribution in [2.45, 2.75) is 4.75 Å². The number of pyridine rings is 1. The van der Waals surface area contributed by atoms with Crippen LogP contribution in [0.2, 0.25) is 0 Å². The summed E-state index contributed by atoms with van der Waals surface area (Å²) in [5, 5.41) is 14.2. The molecule has 0 saturated carbocycles. The van der Waals surface area contributed by atoms with Crippen molar-refractivity contribution in [1.29, 1.82) is 0 Å². The van der Waals surface area contributed by atoms with Gasteiger partial charge in [0.1, 0.15) is 5.82 Å². The van der Waals surface area contributed by atoms with Crippen molar-refractivity contribution in [1.82, 2.24) is 4.98 Å². The molecule has 0 fully saturated rings. The van der Waals surface area contributed by atoms with Gasteiger partial charge in [-0.15, -0.1) is 11.8 Å². The molecule has 160 valence electrons. The molecule has 4 aromatic rings. The molecule has 0 radical (unpaired) electrons. The van der Waals surface area contributed by atoms with Gasteiger partial charge in [-0.25, -0.2) is 4.98 Å². The van der Waals surface area contributed by atoms with Crippen LogP contribution in [0.4, 0.5) is 5.82 Å². The van der Waals surface area contributed by atoms with Crippen molar-refractivity contribution in [2.75, 3.05) is 17.6 Å². The second kappa shape index (κ2) is 10.2. The van der Waals surface area contributed by atoms with Gasteiger partial charge in [-0.3, -0.25) is 0 Å². The smallest absolute Gasteiger partial charge is 0.125 e. The molecule has 0 amide bonds. The minimum absolute atomic E-state index is 0.0705. The van der Waals surface area contributed by atoms with Crippen LogP contribution in [-0.2, 0) is 4.75 Å². The number of hydrogen-bond donors (Lipinski definition) is 1. The highest BCUT2D eigenvalue weighted by Gasteiger charge is 2.36. The number of benzene rings is 3. The summed E-state index contributed by atoms with van der Waals surface area (Å²) >= 11 is 1.86. The molecule has 4 nitrogen and oxygen atoms in total. The summed E-state index contributed by atoms with van der Waals surface area (Å²) in [5.74, 6) is 0.223. The molecule has 0 saturated heterocycles. The van der Waals surface area contributed by atoms with Crippen LogP contribution in [0.3, 0.4) is 0 Å². The fourth-order valence-corrected chi connectivity index (χ4v) is 5.19. The zero-order valence-electron chi connectivity index (χ0n) is 17.5. The van der Waals surface area contributed by atoms with Crippen LogP contribution in [0.5, 0.6) is 0 Å². The van der Waals surface area contributed by atoms with E-state index < -0.39 is 5.97 Å². The Morgan fingerprint density at radius 1 is 0.781 bits per heavy atom. The number of carboxylic acids is 1. The van der Waals surface area contributed by atoms with E-state index in [2.05, 4.69) is 83.1 Å². The quantitative estimate of drug-likeness (QED) is 0.305. The van der Waals surface area contributed by atoms with E-state index in [0.29, 0.717) is 12.4 Å². The monoisotopic (exact) mass is 439 g/mol. The maximum atomic E-state index is 10.9. The standard InChI is InChI=1S/C27H24N2O2S/c30-26(31)21-16-17-25(29-20-21)28-18-19-32-27(22-10-4-1-5-11-22,23-12-6-2-7-13-23)24-14-8-3-9-15-24/h1-17,20H,18-19H2,(H,28,29)(H,30,31)/p-1. The van der Waals surface area contributed by atoms with Crippen molar-refractivity contribution in [2.24, 2.45) is 0 Å². The zero-order valence-corrected chi connectivity index (χ0v) is 18.3. The van der Waals surface area contributed by atoms with E-state index in [0.717, 1.165) is 5.75 Å². The maximum Gasteiger partial charge on any atom is 0.125 e. The first-order chi connectivity index (χ1) is 15.7. The number of aromatic carboxylic acids is 1. The van der Waals surface area contributed by atoms with Crippen molar-refractivity contribution in [3.8, 4) is 0 Å². The van der Waals surface area contributed by atoms with E-state index in [-0.39, 0.29) is 10.3 Å². The minimum atomic E-state index is -1.22. The second-order valence-corrected chi connectivity index (χ2v) is 8.58. The molecule has 0 aliphatic carbocycles. The highest BCUT2D eigenvalue weighted by atomic mass is 32.2. The fraction of sp³-hybridized carbons (Fsp3) is 0.111. The molecule has 1 aromatic heterocycles. The van der Waals surface area contributed by atoms with Crippen LogP contribution < -0.4 is 10.4 Å². The van der Waals surface area contributed by atoms with Crippen molar-refractivity contribution in [3.63, 3.8) is 0 Å². The maximum absolute atomic E-state index is 10.9. The largest absolute Gasteiger partial charge is 0.545 e. The number of carboxylic acid groups (broad SMARTS) is 1. The first-order valence-electron chi connectivity index (χ1n) is 10.4. The van der Waals surface area contributed by atoms with Crippen molar-refractivity contribution < 1.29 is 9.90 Å². The first kappa shape index (κ1) is 21.7. The Kier molecular flexibility index (Phi) is 6.87. The summed E-state index contributed by atoms with van der Waals surface area (Å²) in [4.78, 5) is 15.1. The summed E-state index contributed by atoms with van der Waals surface area (Å²) in [6, 6.07) is 34.9. The molecule has 1 N–H and O–H groups in total. The second-order valence-electron chi connectivity index (χ2n) is 7.27. The number of carbonyl (C=O) groups is 1. The van der Waals surface area contributed by atoms with Crippen LogP contribution in [0, 0.1) is 0 Å². The third kappa shape index (κ3) is 4.68. The summed E-state index contributed by atoms with van der Waals surface area (Å²) in [6.07, 6.45) is 1.31. The van der Waals surface area contributed by atoms with Gasteiger partial charge in [0.15, 0.2) is 0 Å². The highest BCUT2D eigenvalue weighted by molar-refractivity contribution is 8.00. The molecule has 0 aliphatic rings. The fourth-order valence-electron chi connectivity index (χ4n) is 3.77. The van der Waals surface area contributed by atoms with E-state index in [1.54, 1.807) is 6.07 Å². The van der Waals surface area contributed by atoms with Gasteiger partial charge in [0.05, 0.1) is 10.7 Å². The van der Waals surface area contributed by atoms with Crippen LogP contribution in [-0.4, -0.2) is 23.3 Å². The zero-order chi connectivity index (χ0) is 22.2. The minimum Gasteiger partial charge on any atom is -0.545 e. The molecule has 3 aromatic carbocycles. The number of anilines is 1. The third-order valence-corrected chi connectivity index (χ3v) is 6.82. The average Bonchev–Trinajstić information content (AvgIpc) is 2.86. The Bertz CT molecular complexity index is 1040. The van der Waals surface area contributed by atoms with E-state index in [1.807, 2.05) is 30.0 Å². The van der Waals surface area contributed by atoms with Crippen LogP contribution in [0.1, 0.15) is 27.0 Å². The predicted octanol–water partition coefficient (Wildman–Crippen LogP) is 4.58. The van der Waals surface area contributed by atoms with Crippen molar-refractivity contribution >= 4 is 23.5 Å². The molecule has 5 heteroatoms. The predicted molar refractivity (Wildman–Crippen MR) is 129 cm³/mol. The lowest BCUT2D eigenvalue weighted by molar-refractivity contribution is -0.255. The van der Waals surface area contributed by atoms with Gasteiger partial charge in [0.2, 0.25) is 0 Å². The van der Waals surface area contributed by atoms with E-state index >= 15 is 0 Å². The van der Waals surface area contributed by atoms with Crippen LogP contribution >= 0.6 is 11.8 Å². The third-order valence-electron chi connectivity index (χ3n) is 5.27. The lowest BCUT2D eigenvalue weighted by Gasteiger charge is -2.35. The van der Waals surface area contributed by atoms with Gasteiger partial charge in [-0.1, -0.05) is 91.0 Å². The summed E-state index contributed by atoms with van der Waals surface area (Å²) < 4.78 is -0.363. The number of rotatable bonds is 9. The number of aromatic nitrogens is 1. The van der Waals surface area contributed by atoms with Crippen LogP contribution in [0.25, 0.3) is 0 Å². The molecule has 0 spiro atoms. The van der Waals surface area contributed by atoms with Crippen LogP contribution in [0.15, 0.2) is 109 Å². The van der Waals surface area contributed by atoms with Gasteiger partial charge in [0, 0.05) is 24.1 Å². The molecule has 0 bridgehead atoms. The first-order valence-corrected chi connectivity index (χ1v) is 11.4. The van der Waals surface area contributed by atoms with Crippen molar-refractivity contribution in [3.05, 3.63) is 132 Å². The average molecular weight is 440 g/mol. The molecule has 4 rings (SSSR count). The Hall–Kier alpha value is -3.57. The Balaban J connectivity index is 1.62. The highest BCUT2D eigenvalue weighted by Crippen LogP contribution is 2.48. The summed E-state index contributed by atoms with van der Waals surface area (Å²) in [6.45, 7) is 0.677. The lowest BCUT2D eigenvalue weighted by Crippen LogP contribution is -2.27. The molecule has 1 heterocycles. The van der Waals surface area contributed by atoms with Gasteiger partial charge >= 0.3 is 0 Å². The normalized spacial score (nSPS) is 11.1. The van der Waals surface area contributed by atoms with Gasteiger partial charge in [-0.2, -0.15) is 0 Å². The molecule has 32 heavy (non-hydrogen) atoms. The summed E-state index contributed by atoms with van der Waals surface area (Å²) in [5.41, 5.74) is 3.73. The van der Waals surface area contributed by atoms with Gasteiger partial charge in [0.25, 0.3) is 0 Å². The SMILES string of the molecule is O=C([O-])c1ccc(NCCSC(c2ccccc2)(c2ccccc2)c2ccccc2)nc1. The number of nitrogens with one attached hydrogen (secondary N) is 1. The van der Waals surface area contributed by atoms with Gasteiger partial charge in [-0.05, 0) is 28.8 Å². The number of carbonyl (C=O) groups excluding carboxylic acids is 1. The number of nitrogens with zero attached hydrogens (tertiary/aromatic N) is 1. The Morgan fingerprint density at radius 2 is 1.28 bits per heavy atom. The topological polar surface area (TPSA) is 65.0 Å². The lowest BCUT2D eigenvalue weighted by atomic mass is 9.84.